The summed E-state index contributed by atoms with van der Waals surface area (Å²) in [6.07, 6.45) is 3.38. The fourth-order valence-electron chi connectivity index (χ4n) is 1.69. The summed E-state index contributed by atoms with van der Waals surface area (Å²) in [7, 11) is 1.99. The number of pyridine rings is 1. The normalized spacial score (nSPS) is 11.8. The lowest BCUT2D eigenvalue weighted by molar-refractivity contribution is 0.751. The van der Waals surface area contributed by atoms with Gasteiger partial charge in [0.2, 0.25) is 0 Å². The van der Waals surface area contributed by atoms with Gasteiger partial charge in [-0.2, -0.15) is 5.26 Å². The van der Waals surface area contributed by atoms with Crippen LogP contribution in [-0.2, 0) is 0 Å². The number of aromatic nitrogens is 1. The third-order valence-electron chi connectivity index (χ3n) is 2.84. The highest BCUT2D eigenvalue weighted by Crippen LogP contribution is 2.29. The molecule has 17 heavy (non-hydrogen) atoms. The molecule has 2 rings (SSSR count). The molecule has 1 unspecified atom stereocenters. The highest BCUT2D eigenvalue weighted by Gasteiger charge is 2.15. The van der Waals surface area contributed by atoms with Gasteiger partial charge in [-0.25, -0.2) is 0 Å². The molecular formula is C13H13N3S. The lowest BCUT2D eigenvalue weighted by atomic mass is 10.2. The Morgan fingerprint density at radius 2 is 2.29 bits per heavy atom. The lowest BCUT2D eigenvalue weighted by Gasteiger charge is -2.26. The van der Waals surface area contributed by atoms with Crippen LogP contribution in [0.4, 0.5) is 5.69 Å². The number of anilines is 1. The molecular weight excluding hydrogens is 230 g/mol. The van der Waals surface area contributed by atoms with Crippen LogP contribution in [0.3, 0.4) is 0 Å². The van der Waals surface area contributed by atoms with E-state index in [-0.39, 0.29) is 6.04 Å². The third-order valence-corrected chi connectivity index (χ3v) is 3.88. The summed E-state index contributed by atoms with van der Waals surface area (Å²) in [5.41, 5.74) is 1.53. The Hall–Kier alpha value is -1.86. The van der Waals surface area contributed by atoms with Crippen molar-refractivity contribution in [1.82, 2.24) is 4.98 Å². The number of thiophene rings is 1. The van der Waals surface area contributed by atoms with E-state index in [1.54, 1.807) is 29.8 Å². The third kappa shape index (κ3) is 2.29. The van der Waals surface area contributed by atoms with E-state index in [1.807, 2.05) is 13.1 Å². The molecule has 0 aromatic carbocycles. The second-order valence-corrected chi connectivity index (χ2v) is 4.79. The number of hydrogen-bond donors (Lipinski definition) is 0. The van der Waals surface area contributed by atoms with Crippen LogP contribution in [0.15, 0.2) is 36.0 Å². The van der Waals surface area contributed by atoms with Crippen LogP contribution in [0, 0.1) is 11.3 Å². The maximum atomic E-state index is 9.08. The van der Waals surface area contributed by atoms with Gasteiger partial charge >= 0.3 is 0 Å². The molecule has 4 heteroatoms. The summed E-state index contributed by atoms with van der Waals surface area (Å²) in [6, 6.07) is 8.33. The van der Waals surface area contributed by atoms with Crippen molar-refractivity contribution in [2.45, 2.75) is 13.0 Å². The van der Waals surface area contributed by atoms with E-state index in [9.17, 15) is 0 Å². The van der Waals surface area contributed by atoms with Crippen molar-refractivity contribution in [3.63, 3.8) is 0 Å². The van der Waals surface area contributed by atoms with Gasteiger partial charge in [0.05, 0.1) is 23.5 Å². The topological polar surface area (TPSA) is 39.9 Å². The van der Waals surface area contributed by atoms with Crippen molar-refractivity contribution in [1.29, 1.82) is 5.26 Å². The highest BCUT2D eigenvalue weighted by molar-refractivity contribution is 7.10. The average molecular weight is 243 g/mol. The molecule has 0 bridgehead atoms. The van der Waals surface area contributed by atoms with Crippen LogP contribution in [-0.4, -0.2) is 12.0 Å². The molecule has 0 aliphatic carbocycles. The van der Waals surface area contributed by atoms with Crippen molar-refractivity contribution in [3.05, 3.63) is 46.4 Å². The van der Waals surface area contributed by atoms with Crippen molar-refractivity contribution in [2.24, 2.45) is 0 Å². The molecule has 0 saturated heterocycles. The molecule has 0 N–H and O–H groups in total. The highest BCUT2D eigenvalue weighted by atomic mass is 32.1. The summed E-state index contributed by atoms with van der Waals surface area (Å²) < 4.78 is 0. The van der Waals surface area contributed by atoms with Gasteiger partial charge < -0.3 is 4.90 Å². The predicted molar refractivity (Wildman–Crippen MR) is 70.1 cm³/mol. The number of nitrogens with zero attached hydrogens (tertiary/aromatic N) is 3. The lowest BCUT2D eigenvalue weighted by Crippen LogP contribution is -2.21. The van der Waals surface area contributed by atoms with Gasteiger partial charge in [-0.1, -0.05) is 6.07 Å². The largest absolute Gasteiger partial charge is 0.365 e. The minimum Gasteiger partial charge on any atom is -0.365 e. The minimum absolute atomic E-state index is 0.242. The van der Waals surface area contributed by atoms with Crippen molar-refractivity contribution < 1.29 is 0 Å². The Kier molecular flexibility index (Phi) is 3.40. The first kappa shape index (κ1) is 11.6. The van der Waals surface area contributed by atoms with Gasteiger partial charge in [-0.05, 0) is 24.4 Å². The standard InChI is InChI=1S/C13H13N3S/c1-10(13-4-3-7-17-13)16(2)12-9-15-6-5-11(12)8-14/h3-7,9-10H,1-2H3. The van der Waals surface area contributed by atoms with Crippen LogP contribution in [0.1, 0.15) is 23.4 Å². The average Bonchev–Trinajstić information content (AvgIpc) is 2.90. The van der Waals surface area contributed by atoms with E-state index in [1.165, 1.54) is 4.88 Å². The minimum atomic E-state index is 0.242. The molecule has 1 atom stereocenters. The first-order valence-corrected chi connectivity index (χ1v) is 6.22. The molecule has 0 amide bonds. The Bertz CT molecular complexity index is 528. The smallest absolute Gasteiger partial charge is 0.101 e. The van der Waals surface area contributed by atoms with E-state index >= 15 is 0 Å². The number of nitriles is 1. The van der Waals surface area contributed by atoms with Crippen molar-refractivity contribution >= 4 is 17.0 Å². The Labute approximate surface area is 105 Å². The van der Waals surface area contributed by atoms with Crippen molar-refractivity contribution in [2.75, 3.05) is 11.9 Å². The fourth-order valence-corrected chi connectivity index (χ4v) is 2.52. The fraction of sp³-hybridized carbons (Fsp3) is 0.231. The molecule has 0 spiro atoms. The first-order chi connectivity index (χ1) is 8.24. The summed E-state index contributed by atoms with van der Waals surface area (Å²) in [6.45, 7) is 2.12. The van der Waals surface area contributed by atoms with Crippen LogP contribution < -0.4 is 4.90 Å². The van der Waals surface area contributed by atoms with Gasteiger partial charge in [0.15, 0.2) is 0 Å². The molecule has 2 aromatic heterocycles. The molecule has 0 aliphatic rings. The van der Waals surface area contributed by atoms with E-state index < -0.39 is 0 Å². The second kappa shape index (κ2) is 4.98. The maximum absolute atomic E-state index is 9.08. The first-order valence-electron chi connectivity index (χ1n) is 5.34. The summed E-state index contributed by atoms with van der Waals surface area (Å²) in [5, 5.41) is 11.1. The Morgan fingerprint density at radius 3 is 2.94 bits per heavy atom. The SMILES string of the molecule is CC(c1cccs1)N(C)c1cnccc1C#N. The maximum Gasteiger partial charge on any atom is 0.101 e. The number of rotatable bonds is 3. The molecule has 2 aromatic rings. The zero-order chi connectivity index (χ0) is 12.3. The summed E-state index contributed by atoms with van der Waals surface area (Å²) in [5.74, 6) is 0. The molecule has 2 heterocycles. The van der Waals surface area contributed by atoms with Gasteiger partial charge in [-0.3, -0.25) is 4.98 Å². The molecule has 0 fully saturated rings. The van der Waals surface area contributed by atoms with Gasteiger partial charge in [-0.15, -0.1) is 11.3 Å². The van der Waals surface area contributed by atoms with Gasteiger partial charge in [0.1, 0.15) is 6.07 Å². The second-order valence-electron chi connectivity index (χ2n) is 3.81. The molecule has 0 radical (unpaired) electrons. The number of hydrogen-bond acceptors (Lipinski definition) is 4. The van der Waals surface area contributed by atoms with Crippen LogP contribution in [0.2, 0.25) is 0 Å². The Balaban J connectivity index is 2.31. The monoisotopic (exact) mass is 243 g/mol. The van der Waals surface area contributed by atoms with Gasteiger partial charge in [0.25, 0.3) is 0 Å². The van der Waals surface area contributed by atoms with Crippen LogP contribution in [0.5, 0.6) is 0 Å². The van der Waals surface area contributed by atoms with Crippen LogP contribution in [0.25, 0.3) is 0 Å². The zero-order valence-corrected chi connectivity index (χ0v) is 10.6. The zero-order valence-electron chi connectivity index (χ0n) is 9.79. The van der Waals surface area contributed by atoms with E-state index in [2.05, 4.69) is 34.3 Å². The summed E-state index contributed by atoms with van der Waals surface area (Å²) in [4.78, 5) is 7.45. The van der Waals surface area contributed by atoms with E-state index in [4.69, 9.17) is 5.26 Å². The van der Waals surface area contributed by atoms with E-state index in [0.717, 1.165) is 5.69 Å². The van der Waals surface area contributed by atoms with Crippen molar-refractivity contribution in [3.8, 4) is 6.07 Å². The molecule has 86 valence electrons. The Morgan fingerprint density at radius 1 is 1.47 bits per heavy atom. The quantitative estimate of drug-likeness (QED) is 0.831. The molecule has 0 saturated carbocycles. The molecule has 0 aliphatic heterocycles. The van der Waals surface area contributed by atoms with Gasteiger partial charge in [0, 0.05) is 18.1 Å². The predicted octanol–water partition coefficient (Wildman–Crippen LogP) is 3.21. The van der Waals surface area contributed by atoms with Crippen LogP contribution >= 0.6 is 11.3 Å². The molecule has 3 nitrogen and oxygen atoms in total. The summed E-state index contributed by atoms with van der Waals surface area (Å²) >= 11 is 1.72. The van der Waals surface area contributed by atoms with E-state index in [0.29, 0.717) is 5.56 Å².